The first-order chi connectivity index (χ1) is 12.9. The first-order valence-corrected chi connectivity index (χ1v) is 10.1. The van der Waals surface area contributed by atoms with Gasteiger partial charge in [0.25, 0.3) is 0 Å². The number of likely N-dealkylation sites (N-methyl/N-ethyl adjacent to an activating group) is 1. The number of aliphatic imine (C=N–C) groups is 1. The van der Waals surface area contributed by atoms with Crippen LogP contribution < -0.4 is 5.32 Å². The first kappa shape index (κ1) is 21.5. The number of nitrogens with zero attached hydrogens (tertiary/aromatic N) is 5. The molecule has 2 heterocycles. The van der Waals surface area contributed by atoms with Crippen molar-refractivity contribution in [2.45, 2.75) is 26.7 Å². The van der Waals surface area contributed by atoms with Gasteiger partial charge in [-0.3, -0.25) is 14.5 Å². The molecular weight excluding hydrogens is 344 g/mol. The summed E-state index contributed by atoms with van der Waals surface area (Å²) in [6.45, 7) is 10.9. The van der Waals surface area contributed by atoms with Crippen LogP contribution in [-0.4, -0.2) is 110 Å². The molecule has 0 unspecified atom stereocenters. The lowest BCUT2D eigenvalue weighted by atomic mass is 10.2. The van der Waals surface area contributed by atoms with Crippen molar-refractivity contribution in [2.75, 3.05) is 73.0 Å². The molecule has 2 aliphatic heterocycles. The highest BCUT2D eigenvalue weighted by Crippen LogP contribution is 2.09. The molecule has 1 N–H and O–H groups in total. The van der Waals surface area contributed by atoms with Gasteiger partial charge in [0, 0.05) is 59.9 Å². The third kappa shape index (κ3) is 7.01. The van der Waals surface area contributed by atoms with Crippen LogP contribution in [0.1, 0.15) is 26.7 Å². The molecule has 154 valence electrons. The van der Waals surface area contributed by atoms with Gasteiger partial charge >= 0.3 is 0 Å². The Bertz CT molecular complexity index is 520. The molecule has 0 spiro atoms. The van der Waals surface area contributed by atoms with E-state index < -0.39 is 0 Å². The Balaban J connectivity index is 1.86. The number of hydrogen-bond donors (Lipinski definition) is 1. The number of carbonyl (C=O) groups is 2. The van der Waals surface area contributed by atoms with Crippen molar-refractivity contribution in [3.63, 3.8) is 0 Å². The second-order valence-electron chi connectivity index (χ2n) is 8.05. The average molecular weight is 381 g/mol. The van der Waals surface area contributed by atoms with Crippen molar-refractivity contribution in [3.8, 4) is 0 Å². The molecule has 2 fully saturated rings. The second-order valence-corrected chi connectivity index (χ2v) is 8.05. The Hall–Kier alpha value is -1.83. The van der Waals surface area contributed by atoms with E-state index in [1.807, 2.05) is 4.90 Å². The van der Waals surface area contributed by atoms with E-state index in [1.54, 1.807) is 19.0 Å². The molecule has 0 aliphatic carbocycles. The van der Waals surface area contributed by atoms with Gasteiger partial charge in [-0.1, -0.05) is 13.8 Å². The van der Waals surface area contributed by atoms with Crippen molar-refractivity contribution in [1.82, 2.24) is 24.9 Å². The molecule has 2 rings (SSSR count). The molecule has 0 aromatic rings. The number of likely N-dealkylation sites (tertiary alicyclic amines) is 1. The SMILES string of the molecule is CC(C)CNC(=NCC(=O)N(C)C)N1CCN(CC(=O)N2CCCC2)CC1. The van der Waals surface area contributed by atoms with Crippen molar-refractivity contribution in [3.05, 3.63) is 0 Å². The Labute approximate surface area is 163 Å². The quantitative estimate of drug-likeness (QED) is 0.515. The van der Waals surface area contributed by atoms with Crippen molar-refractivity contribution < 1.29 is 9.59 Å². The summed E-state index contributed by atoms with van der Waals surface area (Å²) in [5.41, 5.74) is 0. The summed E-state index contributed by atoms with van der Waals surface area (Å²) in [6.07, 6.45) is 2.26. The summed E-state index contributed by atoms with van der Waals surface area (Å²) < 4.78 is 0. The van der Waals surface area contributed by atoms with Gasteiger partial charge in [0.1, 0.15) is 6.54 Å². The van der Waals surface area contributed by atoms with Gasteiger partial charge in [-0.2, -0.15) is 0 Å². The highest BCUT2D eigenvalue weighted by molar-refractivity contribution is 5.85. The molecule has 0 aromatic carbocycles. The Morgan fingerprint density at radius 1 is 1.00 bits per heavy atom. The number of guanidine groups is 1. The molecule has 0 bridgehead atoms. The Morgan fingerprint density at radius 2 is 1.63 bits per heavy atom. The number of rotatable bonds is 6. The highest BCUT2D eigenvalue weighted by Gasteiger charge is 2.24. The molecule has 0 atom stereocenters. The number of carbonyl (C=O) groups excluding carboxylic acids is 2. The summed E-state index contributed by atoms with van der Waals surface area (Å²) in [4.78, 5) is 36.7. The van der Waals surface area contributed by atoms with Gasteiger partial charge in [-0.25, -0.2) is 4.99 Å². The summed E-state index contributed by atoms with van der Waals surface area (Å²) in [5.74, 6) is 1.54. The van der Waals surface area contributed by atoms with E-state index in [0.29, 0.717) is 12.5 Å². The molecular formula is C19H36N6O2. The van der Waals surface area contributed by atoms with Crippen LogP contribution in [0.25, 0.3) is 0 Å². The monoisotopic (exact) mass is 380 g/mol. The predicted molar refractivity (Wildman–Crippen MR) is 108 cm³/mol. The van der Waals surface area contributed by atoms with Gasteiger partial charge in [0.05, 0.1) is 6.54 Å². The van der Waals surface area contributed by atoms with Crippen molar-refractivity contribution in [2.24, 2.45) is 10.9 Å². The van der Waals surface area contributed by atoms with Crippen molar-refractivity contribution in [1.29, 1.82) is 0 Å². The summed E-state index contributed by atoms with van der Waals surface area (Å²) in [6, 6.07) is 0. The maximum Gasteiger partial charge on any atom is 0.243 e. The third-order valence-electron chi connectivity index (χ3n) is 5.02. The fraction of sp³-hybridized carbons (Fsp3) is 0.842. The standard InChI is InChI=1S/C19H36N6O2/c1-16(2)13-20-19(21-14-17(26)22(3)4)25-11-9-23(10-12-25)15-18(27)24-7-5-6-8-24/h16H,5-15H2,1-4H3,(H,20,21). The Morgan fingerprint density at radius 3 is 2.19 bits per heavy atom. The zero-order valence-corrected chi connectivity index (χ0v) is 17.4. The van der Waals surface area contributed by atoms with Crippen LogP contribution in [0.2, 0.25) is 0 Å². The molecule has 0 saturated carbocycles. The van der Waals surface area contributed by atoms with Crippen molar-refractivity contribution >= 4 is 17.8 Å². The molecule has 8 nitrogen and oxygen atoms in total. The van der Waals surface area contributed by atoms with Crippen LogP contribution in [-0.2, 0) is 9.59 Å². The van der Waals surface area contributed by atoms with E-state index in [2.05, 4.69) is 34.0 Å². The fourth-order valence-electron chi connectivity index (χ4n) is 3.22. The first-order valence-electron chi connectivity index (χ1n) is 10.1. The van der Waals surface area contributed by atoms with Gasteiger partial charge in [0.15, 0.2) is 5.96 Å². The third-order valence-corrected chi connectivity index (χ3v) is 5.02. The molecule has 2 aliphatic rings. The van der Waals surface area contributed by atoms with E-state index in [4.69, 9.17) is 0 Å². The summed E-state index contributed by atoms with van der Waals surface area (Å²) in [7, 11) is 3.49. The zero-order chi connectivity index (χ0) is 19.8. The van der Waals surface area contributed by atoms with Crippen LogP contribution in [0.4, 0.5) is 0 Å². The van der Waals surface area contributed by atoms with Gasteiger partial charge < -0.3 is 20.0 Å². The minimum Gasteiger partial charge on any atom is -0.356 e. The normalized spacial score (nSPS) is 18.9. The topological polar surface area (TPSA) is 71.5 Å². The van der Waals surface area contributed by atoms with E-state index in [9.17, 15) is 9.59 Å². The maximum atomic E-state index is 12.3. The second kappa shape index (κ2) is 10.5. The molecule has 8 heteroatoms. The van der Waals surface area contributed by atoms with Crippen LogP contribution in [0.5, 0.6) is 0 Å². The van der Waals surface area contributed by atoms with Gasteiger partial charge in [-0.05, 0) is 18.8 Å². The molecule has 0 aromatic heterocycles. The fourth-order valence-corrected chi connectivity index (χ4v) is 3.22. The zero-order valence-electron chi connectivity index (χ0n) is 17.4. The molecule has 2 amide bonds. The largest absolute Gasteiger partial charge is 0.356 e. The Kier molecular flexibility index (Phi) is 8.34. The highest BCUT2D eigenvalue weighted by atomic mass is 16.2. The number of amides is 2. The lowest BCUT2D eigenvalue weighted by molar-refractivity contribution is -0.131. The van der Waals surface area contributed by atoms with Crippen LogP contribution in [0, 0.1) is 5.92 Å². The van der Waals surface area contributed by atoms with Gasteiger partial charge in [0.2, 0.25) is 11.8 Å². The summed E-state index contributed by atoms with van der Waals surface area (Å²) >= 11 is 0. The summed E-state index contributed by atoms with van der Waals surface area (Å²) in [5, 5.41) is 3.40. The number of hydrogen-bond acceptors (Lipinski definition) is 4. The van der Waals surface area contributed by atoms with E-state index in [0.717, 1.165) is 64.6 Å². The van der Waals surface area contributed by atoms with Gasteiger partial charge in [-0.15, -0.1) is 0 Å². The van der Waals surface area contributed by atoms with E-state index in [-0.39, 0.29) is 18.4 Å². The maximum absolute atomic E-state index is 12.3. The average Bonchev–Trinajstić information content (AvgIpc) is 3.17. The van der Waals surface area contributed by atoms with Crippen LogP contribution >= 0.6 is 0 Å². The van der Waals surface area contributed by atoms with Crippen LogP contribution in [0.15, 0.2) is 4.99 Å². The lowest BCUT2D eigenvalue weighted by Crippen LogP contribution is -2.54. The smallest absolute Gasteiger partial charge is 0.243 e. The molecule has 27 heavy (non-hydrogen) atoms. The predicted octanol–water partition coefficient (Wildman–Crippen LogP) is -0.0838. The minimum atomic E-state index is -0.00584. The molecule has 0 radical (unpaired) electrons. The van der Waals surface area contributed by atoms with E-state index in [1.165, 1.54) is 0 Å². The van der Waals surface area contributed by atoms with Crippen LogP contribution in [0.3, 0.4) is 0 Å². The van der Waals surface area contributed by atoms with E-state index >= 15 is 0 Å². The lowest BCUT2D eigenvalue weighted by Gasteiger charge is -2.37. The molecule has 2 saturated heterocycles. The number of nitrogens with one attached hydrogen (secondary N) is 1. The minimum absolute atomic E-state index is 0.00584. The number of piperazine rings is 1.